The fraction of sp³-hybridized carbons (Fsp3) is 0.158. The molecule has 1 aliphatic rings. The first kappa shape index (κ1) is 18.1. The van der Waals surface area contributed by atoms with Gasteiger partial charge in [-0.3, -0.25) is 19.1 Å². The lowest BCUT2D eigenvalue weighted by Crippen LogP contribution is -2.17. The fourth-order valence-electron chi connectivity index (χ4n) is 3.17. The maximum absolute atomic E-state index is 12.8. The maximum Gasteiger partial charge on any atom is 0.270 e. The van der Waals surface area contributed by atoms with Crippen molar-refractivity contribution in [3.63, 3.8) is 0 Å². The highest BCUT2D eigenvalue weighted by Crippen LogP contribution is 2.32. The van der Waals surface area contributed by atoms with Gasteiger partial charge in [-0.2, -0.15) is 5.10 Å². The number of rotatable bonds is 4. The van der Waals surface area contributed by atoms with Crippen LogP contribution < -0.4 is 5.32 Å². The van der Waals surface area contributed by atoms with Crippen LogP contribution in [0.1, 0.15) is 27.2 Å². The van der Waals surface area contributed by atoms with Crippen molar-refractivity contribution in [1.29, 1.82) is 0 Å². The van der Waals surface area contributed by atoms with Gasteiger partial charge in [0.15, 0.2) is 0 Å². The number of nitrogens with one attached hydrogen (secondary N) is 1. The minimum atomic E-state index is -1.05. The molecule has 9 heteroatoms. The quantitative estimate of drug-likeness (QED) is 0.539. The Bertz CT molecular complexity index is 1140. The molecule has 4 rings (SSSR count). The minimum Gasteiger partial charge on any atom is -0.306 e. The van der Waals surface area contributed by atoms with Crippen molar-refractivity contribution in [2.24, 2.45) is 0 Å². The van der Waals surface area contributed by atoms with Gasteiger partial charge in [0.05, 0.1) is 27.8 Å². The Kier molecular flexibility index (Phi) is 4.52. The van der Waals surface area contributed by atoms with Crippen LogP contribution in [0.25, 0.3) is 5.69 Å². The third-order valence-corrected chi connectivity index (χ3v) is 5.77. The zero-order valence-corrected chi connectivity index (χ0v) is 15.7. The van der Waals surface area contributed by atoms with Gasteiger partial charge in [0.1, 0.15) is 5.82 Å². The molecule has 2 aromatic carbocycles. The van der Waals surface area contributed by atoms with Crippen molar-refractivity contribution >= 4 is 28.2 Å². The SMILES string of the molecule is Cc1ccccc1-n1nc2c(c1NC(=O)c1cccc([N+](=O)[O-])c1)CS(=O)C2. The minimum absolute atomic E-state index is 0.161. The zero-order valence-electron chi connectivity index (χ0n) is 14.9. The number of carbonyl (C=O) groups excluding carboxylic acids is 1. The number of hydrogen-bond donors (Lipinski definition) is 1. The normalized spacial score (nSPS) is 15.2. The summed E-state index contributed by atoms with van der Waals surface area (Å²) >= 11 is 0. The van der Waals surface area contributed by atoms with Crippen LogP contribution in [0.15, 0.2) is 48.5 Å². The Hall–Kier alpha value is -3.33. The first-order valence-electron chi connectivity index (χ1n) is 8.51. The van der Waals surface area contributed by atoms with E-state index >= 15 is 0 Å². The highest BCUT2D eigenvalue weighted by molar-refractivity contribution is 7.83. The molecule has 1 N–H and O–H groups in total. The second kappa shape index (κ2) is 7.01. The molecule has 1 aromatic heterocycles. The lowest BCUT2D eigenvalue weighted by Gasteiger charge is -2.13. The summed E-state index contributed by atoms with van der Waals surface area (Å²) in [6.45, 7) is 1.94. The highest BCUT2D eigenvalue weighted by Gasteiger charge is 2.29. The van der Waals surface area contributed by atoms with Gasteiger partial charge >= 0.3 is 0 Å². The van der Waals surface area contributed by atoms with E-state index in [1.54, 1.807) is 4.68 Å². The zero-order chi connectivity index (χ0) is 19.8. The van der Waals surface area contributed by atoms with Crippen LogP contribution in [-0.4, -0.2) is 24.8 Å². The summed E-state index contributed by atoms with van der Waals surface area (Å²) in [7, 11) is -1.05. The second-order valence-electron chi connectivity index (χ2n) is 6.46. The topological polar surface area (TPSA) is 107 Å². The molecule has 1 aliphatic heterocycles. The third kappa shape index (κ3) is 3.20. The number of aryl methyl sites for hydroxylation is 1. The number of carbonyl (C=O) groups is 1. The average Bonchev–Trinajstić information content (AvgIpc) is 3.19. The van der Waals surface area contributed by atoms with Crippen LogP contribution in [0.3, 0.4) is 0 Å². The maximum atomic E-state index is 12.8. The summed E-state index contributed by atoms with van der Waals surface area (Å²) in [5, 5.41) is 18.4. The van der Waals surface area contributed by atoms with Gasteiger partial charge in [0.2, 0.25) is 0 Å². The van der Waals surface area contributed by atoms with E-state index in [0.29, 0.717) is 23.0 Å². The monoisotopic (exact) mass is 396 g/mol. The van der Waals surface area contributed by atoms with Crippen LogP contribution in [0.2, 0.25) is 0 Å². The van der Waals surface area contributed by atoms with Gasteiger partial charge in [-0.15, -0.1) is 0 Å². The number of nitrogens with zero attached hydrogens (tertiary/aromatic N) is 3. The number of nitro benzene ring substituents is 1. The number of anilines is 1. The van der Waals surface area contributed by atoms with Crippen LogP contribution >= 0.6 is 0 Å². The summed E-state index contributed by atoms with van der Waals surface area (Å²) in [6, 6.07) is 13.1. The Labute approximate surface area is 162 Å². The Balaban J connectivity index is 1.76. The van der Waals surface area contributed by atoms with Gasteiger partial charge in [0, 0.05) is 34.1 Å². The Morgan fingerprint density at radius 2 is 2.00 bits per heavy atom. The molecule has 0 fully saturated rings. The predicted molar refractivity (Wildman–Crippen MR) is 105 cm³/mol. The summed E-state index contributed by atoms with van der Waals surface area (Å²) in [5.74, 6) is 0.616. The van der Waals surface area contributed by atoms with E-state index in [1.807, 2.05) is 31.2 Å². The molecule has 1 atom stereocenters. The number of amides is 1. The molecule has 28 heavy (non-hydrogen) atoms. The molecule has 142 valence electrons. The molecule has 0 saturated heterocycles. The van der Waals surface area contributed by atoms with Gasteiger partial charge < -0.3 is 5.32 Å². The van der Waals surface area contributed by atoms with Gasteiger partial charge in [-0.05, 0) is 24.6 Å². The molecular weight excluding hydrogens is 380 g/mol. The molecular formula is C19H16N4O4S. The number of para-hydroxylation sites is 1. The molecule has 0 aliphatic carbocycles. The van der Waals surface area contributed by atoms with E-state index in [0.717, 1.165) is 16.8 Å². The molecule has 1 amide bonds. The second-order valence-corrected chi connectivity index (χ2v) is 7.92. The molecule has 0 spiro atoms. The molecule has 0 radical (unpaired) electrons. The van der Waals surface area contributed by atoms with Crippen molar-refractivity contribution in [1.82, 2.24) is 9.78 Å². The number of benzene rings is 2. The van der Waals surface area contributed by atoms with Gasteiger partial charge in [-0.25, -0.2) is 4.68 Å². The molecule has 8 nitrogen and oxygen atoms in total. The largest absolute Gasteiger partial charge is 0.306 e. The smallest absolute Gasteiger partial charge is 0.270 e. The summed E-state index contributed by atoms with van der Waals surface area (Å²) in [5.41, 5.74) is 3.20. The summed E-state index contributed by atoms with van der Waals surface area (Å²) in [6.07, 6.45) is 0. The van der Waals surface area contributed by atoms with Crippen LogP contribution in [0, 0.1) is 17.0 Å². The van der Waals surface area contributed by atoms with E-state index in [9.17, 15) is 19.1 Å². The first-order chi connectivity index (χ1) is 13.4. The van der Waals surface area contributed by atoms with E-state index in [2.05, 4.69) is 10.4 Å². The number of hydrogen-bond acceptors (Lipinski definition) is 5. The van der Waals surface area contributed by atoms with E-state index in [4.69, 9.17) is 0 Å². The summed E-state index contributed by atoms with van der Waals surface area (Å²) in [4.78, 5) is 23.2. The number of nitro groups is 1. The van der Waals surface area contributed by atoms with E-state index < -0.39 is 21.6 Å². The number of aromatic nitrogens is 2. The fourth-order valence-corrected chi connectivity index (χ4v) is 4.44. The van der Waals surface area contributed by atoms with Crippen LogP contribution in [0.5, 0.6) is 0 Å². The van der Waals surface area contributed by atoms with Crippen molar-refractivity contribution in [3.05, 3.63) is 81.0 Å². The van der Waals surface area contributed by atoms with Gasteiger partial charge in [0.25, 0.3) is 11.6 Å². The van der Waals surface area contributed by atoms with Gasteiger partial charge in [-0.1, -0.05) is 24.3 Å². The third-order valence-electron chi connectivity index (χ3n) is 4.56. The molecule has 1 unspecified atom stereocenters. The van der Waals surface area contributed by atoms with Crippen molar-refractivity contribution in [3.8, 4) is 5.69 Å². The lowest BCUT2D eigenvalue weighted by atomic mass is 10.2. The Morgan fingerprint density at radius 1 is 1.21 bits per heavy atom. The van der Waals surface area contributed by atoms with Crippen molar-refractivity contribution in [2.45, 2.75) is 18.4 Å². The Morgan fingerprint density at radius 3 is 2.75 bits per heavy atom. The molecule has 0 bridgehead atoms. The van der Waals surface area contributed by atoms with E-state index in [1.165, 1.54) is 24.3 Å². The standard InChI is InChI=1S/C19H16N4O4S/c1-12-5-2-3-8-17(12)22-18(15-10-28(27)11-16(15)21-22)20-19(24)13-6-4-7-14(9-13)23(25)26/h2-9H,10-11H2,1H3,(H,20,24). The van der Waals surface area contributed by atoms with Crippen molar-refractivity contribution < 1.29 is 13.9 Å². The average molecular weight is 396 g/mol. The number of non-ortho nitro benzene ring substituents is 1. The van der Waals surface area contributed by atoms with Crippen LogP contribution in [-0.2, 0) is 22.3 Å². The highest BCUT2D eigenvalue weighted by atomic mass is 32.2. The molecule has 3 aromatic rings. The first-order valence-corrected chi connectivity index (χ1v) is 10.0. The molecule has 0 saturated carbocycles. The van der Waals surface area contributed by atoms with E-state index in [-0.39, 0.29) is 11.3 Å². The summed E-state index contributed by atoms with van der Waals surface area (Å²) < 4.78 is 13.6. The predicted octanol–water partition coefficient (Wildman–Crippen LogP) is 3.10. The van der Waals surface area contributed by atoms with Crippen LogP contribution in [0.4, 0.5) is 11.5 Å². The number of fused-ring (bicyclic) bond motifs is 1. The van der Waals surface area contributed by atoms with Crippen molar-refractivity contribution in [2.75, 3.05) is 5.32 Å². The lowest BCUT2D eigenvalue weighted by molar-refractivity contribution is -0.384. The molecule has 2 heterocycles.